The van der Waals surface area contributed by atoms with E-state index in [1.54, 1.807) is 70.4 Å². The number of hydrogen-bond donors (Lipinski definition) is 1. The predicted octanol–water partition coefficient (Wildman–Crippen LogP) is 7.49. The second-order valence-corrected chi connectivity index (χ2v) is 19.0. The third kappa shape index (κ3) is 10.8. The molecule has 14 nitrogen and oxygen atoms in total. The maximum atomic E-state index is 13.7. The van der Waals surface area contributed by atoms with Gasteiger partial charge in [0.1, 0.15) is 42.9 Å². The van der Waals surface area contributed by atoms with E-state index in [0.717, 1.165) is 25.0 Å². The number of aliphatic hydroxyl groups is 1. The normalized spacial score (nSPS) is 19.1. The number of aliphatic hydroxyl groups excluding tert-OH is 1. The summed E-state index contributed by atoms with van der Waals surface area (Å²) in [5.74, 6) is 1.58. The molecule has 3 aromatic rings. The Balaban J connectivity index is 1.10. The van der Waals surface area contributed by atoms with Crippen LogP contribution in [-0.2, 0) is 24.6 Å². The van der Waals surface area contributed by atoms with E-state index in [4.69, 9.17) is 19.2 Å². The molecule has 0 bridgehead atoms. The lowest BCUT2D eigenvalue weighted by atomic mass is 10.1. The van der Waals surface area contributed by atoms with Gasteiger partial charge >= 0.3 is 0 Å². The molecule has 64 heavy (non-hydrogen) atoms. The summed E-state index contributed by atoms with van der Waals surface area (Å²) in [5, 5.41) is 10.4. The first-order valence-corrected chi connectivity index (χ1v) is 22.9. The molecule has 0 saturated carbocycles. The Morgan fingerprint density at radius 2 is 1.45 bits per heavy atom. The van der Waals surface area contributed by atoms with Gasteiger partial charge in [0.15, 0.2) is 6.29 Å². The molecule has 0 spiro atoms. The quantitative estimate of drug-likeness (QED) is 0.0938. The van der Waals surface area contributed by atoms with Crippen LogP contribution in [0, 0.1) is 0 Å². The molecule has 2 aromatic carbocycles. The van der Waals surface area contributed by atoms with Gasteiger partial charge in [-0.05, 0) is 66.1 Å². The molecular weight excluding hydrogens is 833 g/mol. The summed E-state index contributed by atoms with van der Waals surface area (Å²) in [5.41, 5.74) is 5.63. The molecule has 2 fully saturated rings. The van der Waals surface area contributed by atoms with Gasteiger partial charge in [0, 0.05) is 79.6 Å². The van der Waals surface area contributed by atoms with E-state index in [2.05, 4.69) is 28.7 Å². The molecule has 2 atom stereocenters. The van der Waals surface area contributed by atoms with E-state index in [1.165, 1.54) is 5.57 Å². The van der Waals surface area contributed by atoms with E-state index in [1.807, 2.05) is 40.0 Å². The van der Waals surface area contributed by atoms with E-state index < -0.39 is 0 Å². The molecule has 1 N–H and O–H groups in total. The number of hydrogen-bond acceptors (Lipinski definition) is 13. The van der Waals surface area contributed by atoms with Crippen LogP contribution in [0.2, 0.25) is 0 Å². The number of Topliss-reactive ketones (excluding diaryl/α,β-unsaturated/α-hetero) is 1. The van der Waals surface area contributed by atoms with Gasteiger partial charge in [-0.2, -0.15) is 0 Å². The first-order chi connectivity index (χ1) is 30.8. The van der Waals surface area contributed by atoms with Crippen molar-refractivity contribution in [2.24, 2.45) is 9.98 Å². The summed E-state index contributed by atoms with van der Waals surface area (Å²) in [6.45, 7) is 12.6. The average molecular weight is 891 g/mol. The zero-order valence-corrected chi connectivity index (χ0v) is 38.4. The van der Waals surface area contributed by atoms with Crippen molar-refractivity contribution in [3.8, 4) is 17.2 Å². The number of aliphatic imine (C=N–C) groups is 2. The first-order valence-electron chi connectivity index (χ1n) is 21.9. The molecule has 338 valence electrons. The van der Waals surface area contributed by atoms with Crippen molar-refractivity contribution in [3.05, 3.63) is 93.3 Å². The molecule has 5 heterocycles. The fourth-order valence-corrected chi connectivity index (χ4v) is 9.44. The molecule has 4 aliphatic heterocycles. The van der Waals surface area contributed by atoms with E-state index in [-0.39, 0.29) is 65.6 Å². The standard InChI is InChI=1S/C49H58N6O8S/c1-7-10-39(58)29-64-49(4,5)30-53(6)11-12-61-40-17-35(27-62-45-19-43-41(15-33(45)25-56)47(59)54-23-31(8-2)13-37(54)21-50-43)52-36(18-40)28-63-46-20-44-42(16-34(46)26-57)48(60)55-24-32(9-3)14-38(55)22-51-44/h8-9,15-22,25,37-38,57H,7,10-14,23-24,26-30H2,1-6H3/b31-8+,32-9+/t37-,38-/m0/s1. The number of carbonyl (C=O) groups is 4. The summed E-state index contributed by atoms with van der Waals surface area (Å²) in [7, 11) is 2.02. The number of aldehydes is 1. The molecule has 7 rings (SSSR count). The smallest absolute Gasteiger partial charge is 0.256 e. The van der Waals surface area contributed by atoms with Crippen LogP contribution in [0.5, 0.6) is 17.2 Å². The predicted molar refractivity (Wildman–Crippen MR) is 249 cm³/mol. The molecule has 0 unspecified atom stereocenters. The lowest BCUT2D eigenvalue weighted by Gasteiger charge is -2.29. The fourth-order valence-electron chi connectivity index (χ4n) is 8.44. The van der Waals surface area contributed by atoms with Crippen molar-refractivity contribution in [2.75, 3.05) is 45.6 Å². The first kappa shape index (κ1) is 46.4. The van der Waals surface area contributed by atoms with E-state index in [0.29, 0.717) is 102 Å². The molecule has 15 heteroatoms. The van der Waals surface area contributed by atoms with Crippen LogP contribution >= 0.6 is 11.8 Å². The average Bonchev–Trinajstić information content (AvgIpc) is 3.85. The van der Waals surface area contributed by atoms with Gasteiger partial charge in [0.25, 0.3) is 11.8 Å². The minimum absolute atomic E-state index is 0.0169. The number of carbonyl (C=O) groups excluding carboxylic acids is 4. The summed E-state index contributed by atoms with van der Waals surface area (Å²) >= 11 is 1.67. The number of thioether (sulfide) groups is 1. The van der Waals surface area contributed by atoms with Crippen LogP contribution in [0.15, 0.2) is 69.7 Å². The monoisotopic (exact) mass is 890 g/mol. The summed E-state index contributed by atoms with van der Waals surface area (Å²) in [4.78, 5) is 71.8. The number of rotatable bonds is 19. The number of aromatic nitrogens is 1. The lowest BCUT2D eigenvalue weighted by molar-refractivity contribution is -0.116. The number of ketones is 1. The number of pyridine rings is 1. The van der Waals surface area contributed by atoms with Gasteiger partial charge in [-0.3, -0.25) is 34.1 Å². The van der Waals surface area contributed by atoms with Crippen molar-refractivity contribution in [3.63, 3.8) is 0 Å². The van der Waals surface area contributed by atoms with Crippen molar-refractivity contribution < 1.29 is 38.5 Å². The van der Waals surface area contributed by atoms with Crippen LogP contribution < -0.4 is 14.2 Å². The summed E-state index contributed by atoms with van der Waals surface area (Å²) in [6.07, 6.45) is 11.2. The number of ether oxygens (including phenoxy) is 3. The topological polar surface area (TPSA) is 164 Å². The highest BCUT2D eigenvalue weighted by molar-refractivity contribution is 8.01. The number of likely N-dealkylation sites (N-methyl/N-ethyl adjacent to an activating group) is 1. The van der Waals surface area contributed by atoms with Gasteiger partial charge in [-0.1, -0.05) is 30.2 Å². The maximum Gasteiger partial charge on any atom is 0.256 e. The number of benzene rings is 2. The Morgan fingerprint density at radius 1 is 0.875 bits per heavy atom. The Hall–Kier alpha value is -5.64. The van der Waals surface area contributed by atoms with Crippen molar-refractivity contribution in [1.82, 2.24) is 19.7 Å². The number of fused-ring (bicyclic) bond motifs is 4. The molecule has 4 aliphatic rings. The van der Waals surface area contributed by atoms with Gasteiger partial charge in [0.05, 0.1) is 63.9 Å². The largest absolute Gasteiger partial charge is 0.492 e. The highest BCUT2D eigenvalue weighted by Crippen LogP contribution is 2.37. The van der Waals surface area contributed by atoms with Gasteiger partial charge in [0.2, 0.25) is 0 Å². The third-order valence-corrected chi connectivity index (χ3v) is 13.2. The zero-order valence-electron chi connectivity index (χ0n) is 37.6. The van der Waals surface area contributed by atoms with Crippen molar-refractivity contribution in [1.29, 1.82) is 0 Å². The highest BCUT2D eigenvalue weighted by atomic mass is 32.2. The molecule has 0 aliphatic carbocycles. The van der Waals surface area contributed by atoms with Crippen LogP contribution in [0.4, 0.5) is 11.4 Å². The molecule has 2 amide bonds. The second kappa shape index (κ2) is 20.5. The Morgan fingerprint density at radius 3 is 2.02 bits per heavy atom. The molecule has 1 aromatic heterocycles. The molecule has 2 saturated heterocycles. The Labute approximate surface area is 379 Å². The number of nitrogens with zero attached hydrogens (tertiary/aromatic N) is 6. The van der Waals surface area contributed by atoms with E-state index in [9.17, 15) is 24.3 Å². The minimum atomic E-state index is -0.359. The Bertz CT molecular complexity index is 2410. The van der Waals surface area contributed by atoms with E-state index >= 15 is 0 Å². The third-order valence-electron chi connectivity index (χ3n) is 11.9. The van der Waals surface area contributed by atoms with Crippen molar-refractivity contribution >= 4 is 59.4 Å². The van der Waals surface area contributed by atoms with Gasteiger partial charge in [-0.25, -0.2) is 0 Å². The minimum Gasteiger partial charge on any atom is -0.492 e. The molecule has 0 radical (unpaired) electrons. The van der Waals surface area contributed by atoms with Gasteiger partial charge in [-0.15, -0.1) is 11.8 Å². The van der Waals surface area contributed by atoms with Crippen LogP contribution in [0.1, 0.15) is 108 Å². The number of allylic oxidation sites excluding steroid dienone is 2. The fraction of sp³-hybridized carbons (Fsp3) is 0.449. The Kier molecular flexibility index (Phi) is 14.8. The highest BCUT2D eigenvalue weighted by Gasteiger charge is 2.36. The summed E-state index contributed by atoms with van der Waals surface area (Å²) in [6, 6.07) is 9.76. The summed E-state index contributed by atoms with van der Waals surface area (Å²) < 4.78 is 18.7. The maximum absolute atomic E-state index is 13.7. The lowest BCUT2D eigenvalue weighted by Crippen LogP contribution is -2.37. The van der Waals surface area contributed by atoms with Crippen LogP contribution in [0.25, 0.3) is 0 Å². The SMILES string of the molecule is C/C=C1\C[C@H]2C=Nc3cc(OCc4cc(OCCN(C)CC(C)(C)SCC(=O)CCC)cc(COc5cc6c(cc5CO)C(=O)N5C/C(=C/C)C[C@H]5C=N6)n4)c(C=O)cc3C(=O)N2C1. The van der Waals surface area contributed by atoms with Crippen molar-refractivity contribution in [2.45, 2.75) is 97.0 Å². The zero-order chi connectivity index (χ0) is 45.5. The van der Waals surface area contributed by atoms with Crippen LogP contribution in [0.3, 0.4) is 0 Å². The second-order valence-electron chi connectivity index (χ2n) is 17.3. The van der Waals surface area contributed by atoms with Crippen LogP contribution in [-0.4, -0.2) is 124 Å². The molecular formula is C49H58N6O8S. The van der Waals surface area contributed by atoms with Gasteiger partial charge < -0.3 is 34.0 Å². The number of amides is 2.